The number of aromatic hydroxyl groups is 2. The van der Waals surface area contributed by atoms with Crippen molar-refractivity contribution in [1.82, 2.24) is 0 Å². The molecule has 0 amide bonds. The Morgan fingerprint density at radius 2 is 1.96 bits per heavy atom. The van der Waals surface area contributed by atoms with Crippen LogP contribution in [0.15, 0.2) is 36.4 Å². The van der Waals surface area contributed by atoms with E-state index in [-0.39, 0.29) is 11.5 Å². The molecule has 24 heavy (non-hydrogen) atoms. The molecule has 128 valence electrons. The van der Waals surface area contributed by atoms with Gasteiger partial charge in [0.05, 0.1) is 6.10 Å². The summed E-state index contributed by atoms with van der Waals surface area (Å²) < 4.78 is 4.97. The third kappa shape index (κ3) is 3.92. The number of esters is 1. The van der Waals surface area contributed by atoms with Gasteiger partial charge in [-0.05, 0) is 35.9 Å². The maximum absolute atomic E-state index is 11.7. The minimum Gasteiger partial charge on any atom is -0.504 e. The summed E-state index contributed by atoms with van der Waals surface area (Å²) >= 11 is 0. The first-order chi connectivity index (χ1) is 11.2. The minimum absolute atomic E-state index is 0.295. The van der Waals surface area contributed by atoms with E-state index in [2.05, 4.69) is 0 Å². The summed E-state index contributed by atoms with van der Waals surface area (Å²) in [5.41, 5.74) is -1.76. The maximum atomic E-state index is 11.7. The topological polar surface area (TPSA) is 145 Å². The molecular formula is C16H16O8. The smallest absolute Gasteiger partial charge is 0.339 e. The number of benzene rings is 1. The van der Waals surface area contributed by atoms with E-state index in [4.69, 9.17) is 9.84 Å². The Bertz CT molecular complexity index is 708. The van der Waals surface area contributed by atoms with Crippen LogP contribution in [0, 0.1) is 0 Å². The highest BCUT2D eigenvalue weighted by Crippen LogP contribution is 2.26. The van der Waals surface area contributed by atoms with Crippen molar-refractivity contribution in [2.45, 2.75) is 24.2 Å². The molecule has 0 radical (unpaired) electrons. The summed E-state index contributed by atoms with van der Waals surface area (Å²) in [5, 5.41) is 46.9. The zero-order valence-electron chi connectivity index (χ0n) is 12.4. The van der Waals surface area contributed by atoms with Crippen molar-refractivity contribution in [2.24, 2.45) is 0 Å². The third-order valence-electron chi connectivity index (χ3n) is 3.50. The molecule has 0 aliphatic heterocycles. The van der Waals surface area contributed by atoms with Gasteiger partial charge in [0.25, 0.3) is 0 Å². The van der Waals surface area contributed by atoms with Gasteiger partial charge >= 0.3 is 11.9 Å². The molecule has 1 aromatic rings. The number of hydrogen-bond acceptors (Lipinski definition) is 7. The summed E-state index contributed by atoms with van der Waals surface area (Å²) in [6, 6.07) is 3.95. The van der Waals surface area contributed by atoms with Crippen molar-refractivity contribution in [2.75, 3.05) is 0 Å². The number of carbonyl (C=O) groups is 2. The minimum atomic E-state index is -2.19. The Labute approximate surface area is 136 Å². The van der Waals surface area contributed by atoms with Crippen LogP contribution in [-0.2, 0) is 14.3 Å². The van der Waals surface area contributed by atoms with E-state index in [0.29, 0.717) is 5.56 Å². The number of rotatable bonds is 4. The maximum Gasteiger partial charge on any atom is 0.339 e. The second-order valence-corrected chi connectivity index (χ2v) is 5.34. The van der Waals surface area contributed by atoms with Gasteiger partial charge in [-0.3, -0.25) is 0 Å². The summed E-state index contributed by atoms with van der Waals surface area (Å²) in [6.07, 6.45) is 1.48. The molecule has 0 spiro atoms. The van der Waals surface area contributed by atoms with Crippen molar-refractivity contribution in [3.63, 3.8) is 0 Å². The predicted octanol–water partition coefficient (Wildman–Crippen LogP) is 0.159. The van der Waals surface area contributed by atoms with Crippen LogP contribution in [-0.4, -0.2) is 55.3 Å². The normalized spacial score (nSPS) is 26.4. The number of phenols is 2. The van der Waals surface area contributed by atoms with Gasteiger partial charge in [0.2, 0.25) is 0 Å². The second kappa shape index (κ2) is 6.73. The van der Waals surface area contributed by atoms with Gasteiger partial charge in [-0.25, -0.2) is 9.59 Å². The first-order valence-electron chi connectivity index (χ1n) is 6.95. The van der Waals surface area contributed by atoms with E-state index >= 15 is 0 Å². The number of carboxylic acids is 1. The quantitative estimate of drug-likeness (QED) is 0.226. The van der Waals surface area contributed by atoms with Crippen molar-refractivity contribution < 1.29 is 39.9 Å². The lowest BCUT2D eigenvalue weighted by atomic mass is 9.88. The van der Waals surface area contributed by atoms with Gasteiger partial charge in [0, 0.05) is 12.5 Å². The number of aliphatic hydroxyl groups is 2. The van der Waals surface area contributed by atoms with E-state index in [1.54, 1.807) is 0 Å². The van der Waals surface area contributed by atoms with Crippen molar-refractivity contribution >= 4 is 18.0 Å². The van der Waals surface area contributed by atoms with E-state index in [1.165, 1.54) is 24.3 Å². The lowest BCUT2D eigenvalue weighted by molar-refractivity contribution is -0.161. The van der Waals surface area contributed by atoms with E-state index < -0.39 is 36.2 Å². The summed E-state index contributed by atoms with van der Waals surface area (Å²) in [7, 11) is 0. The van der Waals surface area contributed by atoms with Crippen molar-refractivity contribution in [3.05, 3.63) is 42.0 Å². The van der Waals surface area contributed by atoms with Crippen LogP contribution >= 0.6 is 0 Å². The molecule has 0 bridgehead atoms. The number of carbonyl (C=O) groups excluding carboxylic acids is 1. The highest BCUT2D eigenvalue weighted by atomic mass is 16.6. The number of aliphatic carboxylic acids is 1. The lowest BCUT2D eigenvalue weighted by Gasteiger charge is -2.30. The largest absolute Gasteiger partial charge is 0.504 e. The van der Waals surface area contributed by atoms with Gasteiger partial charge in [-0.15, -0.1) is 0 Å². The Morgan fingerprint density at radius 1 is 1.25 bits per heavy atom. The van der Waals surface area contributed by atoms with E-state index in [1.807, 2.05) is 0 Å². The number of ether oxygens (including phenoxy) is 1. The third-order valence-corrected chi connectivity index (χ3v) is 3.50. The standard InChI is InChI=1S/C16H16O8/c17-10-3-1-9(7-11(10)18)2-4-14(20)24-13-5-6-16(23,15(21)22)8-12(13)19/h1-7,12-13,17-19,23H,8H2,(H,21,22)/b4-2+. The molecule has 0 saturated heterocycles. The lowest BCUT2D eigenvalue weighted by Crippen LogP contribution is -2.47. The van der Waals surface area contributed by atoms with Crippen LogP contribution in [0.5, 0.6) is 11.5 Å². The van der Waals surface area contributed by atoms with Crippen LogP contribution in [0.1, 0.15) is 12.0 Å². The van der Waals surface area contributed by atoms with Crippen LogP contribution < -0.4 is 0 Å². The number of carboxylic acid groups (broad SMARTS) is 1. The monoisotopic (exact) mass is 336 g/mol. The number of hydrogen-bond donors (Lipinski definition) is 5. The molecule has 8 heteroatoms. The summed E-state index contributed by atoms with van der Waals surface area (Å²) in [5.74, 6) is -2.95. The van der Waals surface area contributed by atoms with E-state index in [0.717, 1.165) is 18.2 Å². The second-order valence-electron chi connectivity index (χ2n) is 5.34. The van der Waals surface area contributed by atoms with Gasteiger partial charge in [-0.2, -0.15) is 0 Å². The van der Waals surface area contributed by atoms with Gasteiger partial charge in [-0.1, -0.05) is 6.07 Å². The summed E-state index contributed by atoms with van der Waals surface area (Å²) in [4.78, 5) is 22.6. The van der Waals surface area contributed by atoms with Crippen LogP contribution in [0.2, 0.25) is 0 Å². The van der Waals surface area contributed by atoms with Crippen molar-refractivity contribution in [1.29, 1.82) is 0 Å². The zero-order valence-corrected chi connectivity index (χ0v) is 12.4. The molecule has 1 aromatic carbocycles. The molecule has 3 unspecified atom stereocenters. The average molecular weight is 336 g/mol. The Kier molecular flexibility index (Phi) is 4.91. The van der Waals surface area contributed by atoms with Crippen LogP contribution in [0.25, 0.3) is 6.08 Å². The van der Waals surface area contributed by atoms with E-state index in [9.17, 15) is 30.0 Å². The highest BCUT2D eigenvalue weighted by molar-refractivity contribution is 5.87. The molecule has 1 aliphatic carbocycles. The predicted molar refractivity (Wildman–Crippen MR) is 81.0 cm³/mol. The molecule has 0 heterocycles. The number of phenolic OH excluding ortho intramolecular Hbond substituents is 2. The Hall–Kier alpha value is -2.84. The molecule has 5 N–H and O–H groups in total. The molecule has 3 atom stereocenters. The molecule has 0 saturated carbocycles. The fourth-order valence-corrected chi connectivity index (χ4v) is 2.14. The van der Waals surface area contributed by atoms with Crippen LogP contribution in [0.3, 0.4) is 0 Å². The zero-order chi connectivity index (χ0) is 17.9. The average Bonchev–Trinajstić information content (AvgIpc) is 2.51. The van der Waals surface area contributed by atoms with Gasteiger partial charge < -0.3 is 30.3 Å². The highest BCUT2D eigenvalue weighted by Gasteiger charge is 2.41. The molecule has 8 nitrogen and oxygen atoms in total. The van der Waals surface area contributed by atoms with Crippen LogP contribution in [0.4, 0.5) is 0 Å². The fraction of sp³-hybridized carbons (Fsp3) is 0.250. The SMILES string of the molecule is O=C(/C=C/c1ccc(O)c(O)c1)OC1C=CC(O)(C(=O)O)CC1O. The summed E-state index contributed by atoms with van der Waals surface area (Å²) in [6.45, 7) is 0. The van der Waals surface area contributed by atoms with Gasteiger partial charge in [0.15, 0.2) is 17.1 Å². The molecule has 0 aromatic heterocycles. The molecule has 0 fully saturated rings. The molecule has 2 rings (SSSR count). The van der Waals surface area contributed by atoms with Gasteiger partial charge in [0.1, 0.15) is 6.10 Å². The number of aliphatic hydroxyl groups excluding tert-OH is 1. The fourth-order valence-electron chi connectivity index (χ4n) is 2.14. The first-order valence-corrected chi connectivity index (χ1v) is 6.95. The van der Waals surface area contributed by atoms with Crippen molar-refractivity contribution in [3.8, 4) is 11.5 Å². The molecular weight excluding hydrogens is 320 g/mol. The molecule has 1 aliphatic rings. The first kappa shape index (κ1) is 17.5. The Morgan fingerprint density at radius 3 is 2.54 bits per heavy atom. The Balaban J connectivity index is 2.01.